The molecule has 0 aromatic heterocycles. The molecule has 0 saturated carbocycles. The summed E-state index contributed by atoms with van der Waals surface area (Å²) in [6.07, 6.45) is 22.9. The fraction of sp³-hybridized carbons (Fsp3) is 0.961. The number of nitrogens with zero attached hydrogens (tertiary/aromatic N) is 1. The molecule has 0 aromatic rings. The molecule has 2 saturated heterocycles. The monoisotopic (exact) mass is 947 g/mol. The number of hydrogen-bond acceptors (Lipinski definition) is 13. The van der Waals surface area contributed by atoms with Gasteiger partial charge >= 0.3 is 6.09 Å². The lowest BCUT2D eigenvalue weighted by molar-refractivity contribution is -0.354. The summed E-state index contributed by atoms with van der Waals surface area (Å²) >= 11 is 0. The van der Waals surface area contributed by atoms with Crippen molar-refractivity contribution in [3.63, 3.8) is 0 Å². The topological polar surface area (TPSA) is 228 Å². The van der Waals surface area contributed by atoms with Crippen molar-refractivity contribution >= 4 is 12.0 Å². The third-order valence-electron chi connectivity index (χ3n) is 13.5. The molecule has 15 heteroatoms. The first-order valence-electron chi connectivity index (χ1n) is 26.9. The van der Waals surface area contributed by atoms with E-state index in [2.05, 4.69) is 19.2 Å². The minimum Gasteiger partial charge on any atom is -0.417 e. The summed E-state index contributed by atoms with van der Waals surface area (Å²) in [7, 11) is 0. The molecule has 2 heterocycles. The first-order chi connectivity index (χ1) is 32.1. The molecule has 2 aliphatic heterocycles. The largest absolute Gasteiger partial charge is 0.417 e. The van der Waals surface area contributed by atoms with Gasteiger partial charge in [-0.05, 0) is 12.8 Å². The van der Waals surface area contributed by atoms with E-state index in [1.165, 1.54) is 167 Å². The molecule has 8 N–H and O–H groups in total. The van der Waals surface area contributed by atoms with Crippen LogP contribution in [-0.2, 0) is 23.7 Å². The Morgan fingerprint density at radius 2 is 0.803 bits per heavy atom. The molecule has 0 spiro atoms. The van der Waals surface area contributed by atoms with Crippen LogP contribution in [0.25, 0.3) is 0 Å². The molecule has 0 radical (unpaired) electrons. The van der Waals surface area contributed by atoms with Gasteiger partial charge in [-0.1, -0.05) is 206 Å². The summed E-state index contributed by atoms with van der Waals surface area (Å²) in [5, 5.41) is 74.3. The number of nitrogens with one attached hydrogen (secondary N) is 1. The van der Waals surface area contributed by atoms with Crippen LogP contribution in [0.4, 0.5) is 4.79 Å². The lowest BCUT2D eigenvalue weighted by atomic mass is 9.97. The highest BCUT2D eigenvalue weighted by Gasteiger charge is 2.51. The van der Waals surface area contributed by atoms with Crippen LogP contribution in [0.3, 0.4) is 0 Å². The first kappa shape index (κ1) is 60.5. The lowest BCUT2D eigenvalue weighted by Gasteiger charge is -2.45. The van der Waals surface area contributed by atoms with Gasteiger partial charge in [0.05, 0.1) is 13.2 Å². The Balaban J connectivity index is 1.76. The van der Waals surface area contributed by atoms with Crippen LogP contribution in [0.1, 0.15) is 219 Å². The second-order valence-corrected chi connectivity index (χ2v) is 19.3. The number of amides is 2. The molecule has 66 heavy (non-hydrogen) atoms. The lowest BCUT2D eigenvalue weighted by Crippen LogP contribution is -2.65. The first-order valence-corrected chi connectivity index (χ1v) is 26.9. The van der Waals surface area contributed by atoms with Gasteiger partial charge < -0.3 is 64.9 Å². The van der Waals surface area contributed by atoms with Gasteiger partial charge in [0.1, 0.15) is 55.4 Å². The van der Waals surface area contributed by atoms with E-state index in [9.17, 15) is 45.3 Å². The van der Waals surface area contributed by atoms with E-state index in [4.69, 9.17) is 18.9 Å². The quantitative estimate of drug-likeness (QED) is 0.0276. The molecule has 390 valence electrons. The average molecular weight is 947 g/mol. The van der Waals surface area contributed by atoms with E-state index in [-0.39, 0.29) is 12.5 Å². The van der Waals surface area contributed by atoms with Gasteiger partial charge in [-0.15, -0.1) is 0 Å². The van der Waals surface area contributed by atoms with Gasteiger partial charge in [-0.2, -0.15) is 0 Å². The van der Waals surface area contributed by atoms with Crippen LogP contribution >= 0.6 is 0 Å². The number of aliphatic hydroxyl groups excluding tert-OH is 7. The summed E-state index contributed by atoms with van der Waals surface area (Å²) in [4.78, 5) is 28.2. The van der Waals surface area contributed by atoms with E-state index < -0.39 is 80.7 Å². The van der Waals surface area contributed by atoms with Gasteiger partial charge in [0.2, 0.25) is 12.2 Å². The Labute approximate surface area is 399 Å². The molecule has 0 unspecified atom stereocenters. The summed E-state index contributed by atoms with van der Waals surface area (Å²) < 4.78 is 21.7. The minimum absolute atomic E-state index is 0.250. The number of ether oxygens (including phenoxy) is 4. The van der Waals surface area contributed by atoms with Gasteiger partial charge in [0, 0.05) is 13.1 Å². The highest BCUT2D eigenvalue weighted by atomic mass is 16.8. The minimum atomic E-state index is -1.88. The molecular weight excluding hydrogens is 849 g/mol. The van der Waals surface area contributed by atoms with Crippen molar-refractivity contribution in [2.45, 2.75) is 281 Å². The maximum Gasteiger partial charge on any atom is 0.409 e. The number of carbonyl (C=O) groups is 2. The third kappa shape index (κ3) is 25.8. The maximum absolute atomic E-state index is 13.5. The average Bonchev–Trinajstić information content (AvgIpc) is 3.31. The van der Waals surface area contributed by atoms with Crippen molar-refractivity contribution in [2.24, 2.45) is 0 Å². The predicted molar refractivity (Wildman–Crippen MR) is 257 cm³/mol. The Hall–Kier alpha value is -1.66. The van der Waals surface area contributed by atoms with Crippen LogP contribution in [0, 0.1) is 0 Å². The van der Waals surface area contributed by atoms with E-state index in [1.807, 2.05) is 4.90 Å². The maximum atomic E-state index is 13.5. The highest BCUT2D eigenvalue weighted by molar-refractivity contribution is 5.82. The predicted octanol–water partition coefficient (Wildman–Crippen LogP) is 7.69. The van der Waals surface area contributed by atoms with Gasteiger partial charge in [-0.25, -0.2) is 4.79 Å². The van der Waals surface area contributed by atoms with Gasteiger partial charge in [-0.3, -0.25) is 4.79 Å². The summed E-state index contributed by atoms with van der Waals surface area (Å²) in [5.74, 6) is -0.250. The van der Waals surface area contributed by atoms with Crippen LogP contribution in [0.15, 0.2) is 0 Å². The molecular formula is C51H98N2O13. The van der Waals surface area contributed by atoms with E-state index in [0.717, 1.165) is 38.5 Å². The molecule has 10 atom stereocenters. The van der Waals surface area contributed by atoms with Crippen LogP contribution in [-0.4, -0.2) is 147 Å². The van der Waals surface area contributed by atoms with Crippen LogP contribution < -0.4 is 5.32 Å². The highest BCUT2D eigenvalue weighted by Crippen LogP contribution is 2.30. The summed E-state index contributed by atoms with van der Waals surface area (Å²) in [6.45, 7) is 3.87. The van der Waals surface area contributed by atoms with Crippen molar-refractivity contribution in [1.29, 1.82) is 0 Å². The van der Waals surface area contributed by atoms with Crippen molar-refractivity contribution in [2.75, 3.05) is 32.8 Å². The summed E-state index contributed by atoms with van der Waals surface area (Å²) in [6, 6.07) is 0. The fourth-order valence-corrected chi connectivity index (χ4v) is 9.12. The zero-order valence-electron chi connectivity index (χ0n) is 41.5. The van der Waals surface area contributed by atoms with Crippen molar-refractivity contribution in [3.8, 4) is 0 Å². The van der Waals surface area contributed by atoms with Gasteiger partial charge in [0.15, 0.2) is 6.29 Å². The molecule has 2 fully saturated rings. The number of unbranched alkanes of at least 4 members (excludes halogenated alkanes) is 30. The molecule has 15 nitrogen and oxygen atoms in total. The molecule has 0 aromatic carbocycles. The Morgan fingerprint density at radius 3 is 1.18 bits per heavy atom. The van der Waals surface area contributed by atoms with E-state index >= 15 is 0 Å². The van der Waals surface area contributed by atoms with E-state index in [1.54, 1.807) is 0 Å². The molecule has 2 aliphatic rings. The Bertz CT molecular complexity index is 1130. The number of carbonyl (C=O) groups excluding carboxylic acids is 2. The fourth-order valence-electron chi connectivity index (χ4n) is 9.12. The van der Waals surface area contributed by atoms with Crippen LogP contribution in [0.5, 0.6) is 0 Å². The second-order valence-electron chi connectivity index (χ2n) is 19.3. The zero-order valence-corrected chi connectivity index (χ0v) is 41.5. The SMILES string of the molecule is CCCCCCCCCCCCCCCCCCN(CCCCCCCCCCCCCCCCCC)C(=O)CNC(=O)O[C@H]1O[C@H](CO)[C@@H](O[C@@H]2O[C@H](CO)[C@H](O)[C@H](O)[C@H]2O)[C@H](O)[C@H]1O. The summed E-state index contributed by atoms with van der Waals surface area (Å²) in [5.41, 5.74) is 0. The van der Waals surface area contributed by atoms with Crippen molar-refractivity contribution in [1.82, 2.24) is 10.2 Å². The number of alkyl carbamates (subject to hydrolysis) is 1. The smallest absolute Gasteiger partial charge is 0.409 e. The number of hydrogen-bond donors (Lipinski definition) is 8. The Morgan fingerprint density at radius 1 is 0.455 bits per heavy atom. The normalized spacial score (nSPS) is 25.5. The zero-order chi connectivity index (χ0) is 48.2. The number of aliphatic hydroxyl groups is 7. The molecule has 2 rings (SSSR count). The standard InChI is InChI=1S/C51H98N2O13/c1-3-5-7-9-11-13-15-17-19-21-23-25-27-29-31-33-35-53(36-34-32-30-28-26-24-22-20-18-16-14-12-10-8-6-4-2)42(56)37-52-51(62)66-50-47(61)45(59)48(41(39-55)64-50)65-49-46(60)44(58)43(57)40(38-54)63-49/h40-41,43-50,54-55,57-61H,3-39H2,1-2H3,(H,52,62)/t40-,41-,43+,44+,45-,46-,47-,48-,49+,50-/m1/s1. The number of rotatable bonds is 41. The van der Waals surface area contributed by atoms with Crippen molar-refractivity contribution in [3.05, 3.63) is 0 Å². The van der Waals surface area contributed by atoms with Crippen LogP contribution in [0.2, 0.25) is 0 Å². The van der Waals surface area contributed by atoms with Crippen molar-refractivity contribution < 1.29 is 64.3 Å². The van der Waals surface area contributed by atoms with E-state index in [0.29, 0.717) is 13.1 Å². The molecule has 0 aliphatic carbocycles. The molecule has 0 bridgehead atoms. The molecule has 2 amide bonds. The van der Waals surface area contributed by atoms with Gasteiger partial charge in [0.25, 0.3) is 0 Å². The second kappa shape index (κ2) is 39.1. The Kier molecular flexibility index (Phi) is 35.8. The third-order valence-corrected chi connectivity index (χ3v) is 13.5.